The second-order valence-corrected chi connectivity index (χ2v) is 6.35. The molecule has 1 aliphatic rings. The second kappa shape index (κ2) is 6.29. The topological polar surface area (TPSA) is 59.7 Å². The van der Waals surface area contributed by atoms with Gasteiger partial charge in [0.25, 0.3) is 5.91 Å². The highest BCUT2D eigenvalue weighted by Crippen LogP contribution is 2.24. The van der Waals surface area contributed by atoms with Gasteiger partial charge in [-0.25, -0.2) is 9.50 Å². The molecule has 4 rings (SSSR count). The second-order valence-electron chi connectivity index (χ2n) is 6.35. The Bertz CT molecular complexity index is 920. The van der Waals surface area contributed by atoms with Crippen molar-refractivity contribution in [2.75, 3.05) is 19.7 Å². The van der Waals surface area contributed by atoms with Crippen molar-refractivity contribution in [2.24, 2.45) is 0 Å². The van der Waals surface area contributed by atoms with Gasteiger partial charge in [0.05, 0.1) is 19.3 Å². The summed E-state index contributed by atoms with van der Waals surface area (Å²) in [5.74, 6) is -0.0447. The number of carbonyl (C=O) groups excluding carboxylic acids is 1. The Morgan fingerprint density at radius 2 is 2.04 bits per heavy atom. The molecular formula is C19H20N4O2. The van der Waals surface area contributed by atoms with Gasteiger partial charge in [-0.15, -0.1) is 0 Å². The number of nitrogens with zero attached hydrogens (tertiary/aromatic N) is 4. The van der Waals surface area contributed by atoms with Crippen molar-refractivity contribution in [3.05, 3.63) is 65.1 Å². The molecule has 1 atom stereocenters. The summed E-state index contributed by atoms with van der Waals surface area (Å²) in [6.07, 6.45) is 1.52. The monoisotopic (exact) mass is 336 g/mol. The molecule has 3 aromatic rings. The van der Waals surface area contributed by atoms with Gasteiger partial charge >= 0.3 is 0 Å². The van der Waals surface area contributed by atoms with E-state index in [2.05, 4.69) is 10.1 Å². The van der Waals surface area contributed by atoms with Crippen LogP contribution in [0, 0.1) is 13.8 Å². The lowest BCUT2D eigenvalue weighted by Crippen LogP contribution is -2.42. The normalized spacial score (nSPS) is 17.8. The standard InChI is InChI=1S/C19H20N4O2/c1-13-10-14(2)23-18(21-13)16(11-20-23)19(24)22-8-9-25-17(12-22)15-6-4-3-5-7-15/h3-7,10-11,17H,8-9,12H2,1-2H3/t17-/m0/s1. The number of morpholine rings is 1. The van der Waals surface area contributed by atoms with Crippen molar-refractivity contribution in [2.45, 2.75) is 20.0 Å². The zero-order valence-electron chi connectivity index (χ0n) is 14.3. The number of amides is 1. The number of benzene rings is 1. The molecule has 0 aliphatic carbocycles. The lowest BCUT2D eigenvalue weighted by molar-refractivity contribution is -0.0227. The first-order valence-corrected chi connectivity index (χ1v) is 8.41. The van der Waals surface area contributed by atoms with Crippen LogP contribution in [0.5, 0.6) is 0 Å². The molecule has 25 heavy (non-hydrogen) atoms. The third kappa shape index (κ3) is 2.89. The minimum atomic E-state index is -0.0998. The maximum absolute atomic E-state index is 13.1. The molecule has 1 fully saturated rings. The van der Waals surface area contributed by atoms with E-state index in [1.165, 1.54) is 0 Å². The lowest BCUT2D eigenvalue weighted by atomic mass is 10.1. The van der Waals surface area contributed by atoms with Crippen LogP contribution in [0.4, 0.5) is 0 Å². The third-order valence-corrected chi connectivity index (χ3v) is 4.53. The number of aryl methyl sites for hydroxylation is 2. The number of carbonyl (C=O) groups is 1. The molecule has 3 heterocycles. The van der Waals surface area contributed by atoms with Crippen LogP contribution in [0.2, 0.25) is 0 Å². The number of hydrogen-bond donors (Lipinski definition) is 0. The fraction of sp³-hybridized carbons (Fsp3) is 0.316. The quantitative estimate of drug-likeness (QED) is 0.722. The van der Waals surface area contributed by atoms with Crippen molar-refractivity contribution in [3.63, 3.8) is 0 Å². The molecule has 0 spiro atoms. The first-order valence-electron chi connectivity index (χ1n) is 8.41. The molecule has 0 saturated carbocycles. The number of ether oxygens (including phenoxy) is 1. The molecule has 0 N–H and O–H groups in total. The minimum Gasteiger partial charge on any atom is -0.370 e. The number of fused-ring (bicyclic) bond motifs is 1. The van der Waals surface area contributed by atoms with E-state index in [0.29, 0.717) is 30.9 Å². The Morgan fingerprint density at radius 1 is 1.24 bits per heavy atom. The van der Waals surface area contributed by atoms with Crippen molar-refractivity contribution in [1.29, 1.82) is 0 Å². The molecule has 0 radical (unpaired) electrons. The molecule has 0 unspecified atom stereocenters. The smallest absolute Gasteiger partial charge is 0.259 e. The number of rotatable bonds is 2. The number of aromatic nitrogens is 3. The summed E-state index contributed by atoms with van der Waals surface area (Å²) >= 11 is 0. The van der Waals surface area contributed by atoms with Gasteiger partial charge in [-0.2, -0.15) is 5.10 Å². The Kier molecular flexibility index (Phi) is 3.97. The fourth-order valence-electron chi connectivity index (χ4n) is 3.29. The molecule has 6 nitrogen and oxygen atoms in total. The zero-order chi connectivity index (χ0) is 17.4. The van der Waals surface area contributed by atoms with E-state index in [1.54, 1.807) is 10.7 Å². The maximum Gasteiger partial charge on any atom is 0.259 e. The molecule has 128 valence electrons. The van der Waals surface area contributed by atoms with Gasteiger partial charge in [0.2, 0.25) is 0 Å². The summed E-state index contributed by atoms with van der Waals surface area (Å²) in [6, 6.07) is 12.0. The van der Waals surface area contributed by atoms with Crippen LogP contribution in [0.15, 0.2) is 42.6 Å². The van der Waals surface area contributed by atoms with Crippen LogP contribution in [-0.2, 0) is 4.74 Å². The predicted octanol–water partition coefficient (Wildman–Crippen LogP) is 2.56. The van der Waals surface area contributed by atoms with Gasteiger partial charge in [-0.3, -0.25) is 4.79 Å². The largest absolute Gasteiger partial charge is 0.370 e. The third-order valence-electron chi connectivity index (χ3n) is 4.53. The van der Waals surface area contributed by atoms with Gasteiger partial charge in [-0.1, -0.05) is 30.3 Å². The molecule has 0 bridgehead atoms. The Hall–Kier alpha value is -2.73. The SMILES string of the molecule is Cc1cc(C)n2ncc(C(=O)N3CCO[C@H](c4ccccc4)C3)c2n1. The molecule has 1 aliphatic heterocycles. The molecular weight excluding hydrogens is 316 g/mol. The van der Waals surface area contributed by atoms with Crippen molar-refractivity contribution < 1.29 is 9.53 Å². The van der Waals surface area contributed by atoms with E-state index in [4.69, 9.17) is 4.74 Å². The van der Waals surface area contributed by atoms with Crippen molar-refractivity contribution in [3.8, 4) is 0 Å². The highest BCUT2D eigenvalue weighted by Gasteiger charge is 2.28. The Labute approximate surface area is 146 Å². The van der Waals surface area contributed by atoms with E-state index in [9.17, 15) is 4.79 Å². The average molecular weight is 336 g/mol. The minimum absolute atomic E-state index is 0.0447. The van der Waals surface area contributed by atoms with Gasteiger partial charge in [0.15, 0.2) is 5.65 Å². The zero-order valence-corrected chi connectivity index (χ0v) is 14.3. The highest BCUT2D eigenvalue weighted by molar-refractivity contribution is 5.99. The molecule has 1 aromatic carbocycles. The van der Waals surface area contributed by atoms with Gasteiger partial charge in [-0.05, 0) is 25.5 Å². The van der Waals surface area contributed by atoms with Gasteiger partial charge in [0, 0.05) is 17.9 Å². The average Bonchev–Trinajstić information content (AvgIpc) is 3.06. The van der Waals surface area contributed by atoms with E-state index in [0.717, 1.165) is 17.0 Å². The van der Waals surface area contributed by atoms with Crippen LogP contribution < -0.4 is 0 Å². The summed E-state index contributed by atoms with van der Waals surface area (Å²) in [5, 5.41) is 4.33. The van der Waals surface area contributed by atoms with Crippen LogP contribution in [0.25, 0.3) is 5.65 Å². The highest BCUT2D eigenvalue weighted by atomic mass is 16.5. The van der Waals surface area contributed by atoms with Crippen LogP contribution in [-0.4, -0.2) is 45.1 Å². The molecule has 1 amide bonds. The summed E-state index contributed by atoms with van der Waals surface area (Å²) in [7, 11) is 0. The Balaban J connectivity index is 1.63. The van der Waals surface area contributed by atoms with Crippen molar-refractivity contribution in [1.82, 2.24) is 19.5 Å². The summed E-state index contributed by atoms with van der Waals surface area (Å²) in [5.41, 5.74) is 4.09. The van der Waals surface area contributed by atoms with Crippen LogP contribution in [0.1, 0.15) is 33.4 Å². The van der Waals surface area contributed by atoms with E-state index < -0.39 is 0 Å². The summed E-state index contributed by atoms with van der Waals surface area (Å²) in [6.45, 7) is 5.52. The van der Waals surface area contributed by atoms with Crippen molar-refractivity contribution >= 4 is 11.6 Å². The lowest BCUT2D eigenvalue weighted by Gasteiger charge is -2.33. The van der Waals surface area contributed by atoms with E-state index >= 15 is 0 Å². The maximum atomic E-state index is 13.1. The predicted molar refractivity (Wildman–Crippen MR) is 93.5 cm³/mol. The first-order chi connectivity index (χ1) is 12.1. The van der Waals surface area contributed by atoms with E-state index in [1.807, 2.05) is 55.1 Å². The van der Waals surface area contributed by atoms with Gasteiger partial charge in [0.1, 0.15) is 11.7 Å². The number of hydrogen-bond acceptors (Lipinski definition) is 4. The summed E-state index contributed by atoms with van der Waals surface area (Å²) < 4.78 is 7.57. The first kappa shape index (κ1) is 15.8. The van der Waals surface area contributed by atoms with E-state index in [-0.39, 0.29) is 12.0 Å². The summed E-state index contributed by atoms with van der Waals surface area (Å²) in [4.78, 5) is 19.4. The van der Waals surface area contributed by atoms with Gasteiger partial charge < -0.3 is 9.64 Å². The fourth-order valence-corrected chi connectivity index (χ4v) is 3.29. The molecule has 6 heteroatoms. The molecule has 2 aromatic heterocycles. The Morgan fingerprint density at radius 3 is 2.84 bits per heavy atom. The van der Waals surface area contributed by atoms with Crippen LogP contribution in [0.3, 0.4) is 0 Å². The molecule has 1 saturated heterocycles. The van der Waals surface area contributed by atoms with Crippen LogP contribution >= 0.6 is 0 Å².